The van der Waals surface area contributed by atoms with Gasteiger partial charge in [-0.1, -0.05) is 0 Å². The molecule has 1 amide bonds. The lowest BCUT2D eigenvalue weighted by molar-refractivity contribution is 0.0896. The number of aryl methyl sites for hydroxylation is 2. The molecule has 2 aromatic rings. The van der Waals surface area contributed by atoms with Gasteiger partial charge in [0.25, 0.3) is 12.3 Å². The summed E-state index contributed by atoms with van der Waals surface area (Å²) in [7, 11) is 0. The predicted molar refractivity (Wildman–Crippen MR) is 71.8 cm³/mol. The highest BCUT2D eigenvalue weighted by molar-refractivity contribution is 7.21. The molecule has 0 atom stereocenters. The van der Waals surface area contributed by atoms with Gasteiger partial charge in [0.1, 0.15) is 9.71 Å². The Morgan fingerprint density at radius 1 is 1.53 bits per heavy atom. The van der Waals surface area contributed by atoms with Gasteiger partial charge in [0, 0.05) is 11.1 Å². The van der Waals surface area contributed by atoms with E-state index in [0.717, 1.165) is 28.0 Å². The molecule has 2 rings (SSSR count). The van der Waals surface area contributed by atoms with Crippen molar-refractivity contribution in [2.24, 2.45) is 0 Å². The van der Waals surface area contributed by atoms with Crippen molar-refractivity contribution in [1.82, 2.24) is 10.3 Å². The van der Waals surface area contributed by atoms with Gasteiger partial charge in [0.2, 0.25) is 0 Å². The van der Waals surface area contributed by atoms with Crippen LogP contribution in [0.3, 0.4) is 0 Å². The summed E-state index contributed by atoms with van der Waals surface area (Å²) >= 11 is 1.12. The number of thiophene rings is 1. The van der Waals surface area contributed by atoms with Crippen LogP contribution in [0.5, 0.6) is 0 Å². The van der Waals surface area contributed by atoms with Gasteiger partial charge in [0.15, 0.2) is 0 Å². The summed E-state index contributed by atoms with van der Waals surface area (Å²) in [4.78, 5) is 17.0. The number of carbonyl (C=O) groups excluding carboxylic acids is 1. The molecular weight excluding hydrogens is 272 g/mol. The summed E-state index contributed by atoms with van der Waals surface area (Å²) in [6.45, 7) is 3.04. The first-order chi connectivity index (χ1) is 8.90. The number of hydrogen-bond donors (Lipinski definition) is 2. The van der Waals surface area contributed by atoms with Crippen molar-refractivity contribution in [2.45, 2.75) is 20.3 Å². The molecule has 7 heteroatoms. The third-order valence-corrected chi connectivity index (χ3v) is 3.75. The highest BCUT2D eigenvalue weighted by Gasteiger charge is 2.19. The number of pyridine rings is 1. The van der Waals surface area contributed by atoms with Crippen LogP contribution in [0.4, 0.5) is 14.5 Å². The summed E-state index contributed by atoms with van der Waals surface area (Å²) in [6, 6.07) is 1.87. The van der Waals surface area contributed by atoms with Crippen LogP contribution < -0.4 is 11.1 Å². The normalized spacial score (nSPS) is 11.2. The minimum absolute atomic E-state index is 0.233. The monoisotopic (exact) mass is 285 g/mol. The SMILES string of the molecule is Cc1cc(C)c2c(N)c(C(=O)NCC(F)F)sc2n1. The van der Waals surface area contributed by atoms with Gasteiger partial charge >= 0.3 is 0 Å². The number of aromatic nitrogens is 1. The molecule has 0 aliphatic carbocycles. The maximum absolute atomic E-state index is 12.1. The van der Waals surface area contributed by atoms with E-state index in [-0.39, 0.29) is 4.88 Å². The average molecular weight is 285 g/mol. The Kier molecular flexibility index (Phi) is 3.66. The lowest BCUT2D eigenvalue weighted by Gasteiger charge is -2.03. The Hall–Kier alpha value is -1.76. The molecule has 102 valence electrons. The van der Waals surface area contributed by atoms with Crippen LogP contribution in [0.15, 0.2) is 6.07 Å². The molecule has 0 fully saturated rings. The lowest BCUT2D eigenvalue weighted by Crippen LogP contribution is -2.28. The zero-order valence-corrected chi connectivity index (χ0v) is 11.3. The largest absolute Gasteiger partial charge is 0.397 e. The van der Waals surface area contributed by atoms with E-state index < -0.39 is 18.9 Å². The molecular formula is C12H13F2N3OS. The van der Waals surface area contributed by atoms with E-state index in [4.69, 9.17) is 5.73 Å². The van der Waals surface area contributed by atoms with Crippen molar-refractivity contribution in [2.75, 3.05) is 12.3 Å². The quantitative estimate of drug-likeness (QED) is 0.910. The summed E-state index contributed by atoms with van der Waals surface area (Å²) < 4.78 is 24.2. The molecule has 0 aliphatic heterocycles. The third kappa shape index (κ3) is 2.65. The van der Waals surface area contributed by atoms with E-state index in [1.807, 2.05) is 19.9 Å². The number of nitrogens with one attached hydrogen (secondary N) is 1. The smallest absolute Gasteiger partial charge is 0.263 e. The Labute approximate surface area is 112 Å². The van der Waals surface area contributed by atoms with Crippen LogP contribution in [0.1, 0.15) is 20.9 Å². The van der Waals surface area contributed by atoms with Gasteiger partial charge in [0.05, 0.1) is 12.2 Å². The topological polar surface area (TPSA) is 68.0 Å². The highest BCUT2D eigenvalue weighted by atomic mass is 32.1. The van der Waals surface area contributed by atoms with E-state index in [1.165, 1.54) is 0 Å². The molecule has 0 saturated heterocycles. The summed E-state index contributed by atoms with van der Waals surface area (Å²) in [5, 5.41) is 2.87. The number of alkyl halides is 2. The molecule has 0 spiro atoms. The molecule has 4 nitrogen and oxygen atoms in total. The fraction of sp³-hybridized carbons (Fsp3) is 0.333. The number of anilines is 1. The number of nitrogens with two attached hydrogens (primary N) is 1. The van der Waals surface area contributed by atoms with Crippen LogP contribution >= 0.6 is 11.3 Å². The first-order valence-corrected chi connectivity index (χ1v) is 6.44. The number of nitrogen functional groups attached to an aromatic ring is 1. The van der Waals surface area contributed by atoms with Crippen molar-refractivity contribution in [1.29, 1.82) is 0 Å². The zero-order chi connectivity index (χ0) is 14.2. The van der Waals surface area contributed by atoms with Crippen molar-refractivity contribution < 1.29 is 13.6 Å². The summed E-state index contributed by atoms with van der Waals surface area (Å²) in [5.74, 6) is -0.585. The third-order valence-electron chi connectivity index (χ3n) is 2.65. The average Bonchev–Trinajstić information content (AvgIpc) is 2.63. The fourth-order valence-electron chi connectivity index (χ4n) is 1.89. The van der Waals surface area contributed by atoms with E-state index in [9.17, 15) is 13.6 Å². The number of nitrogens with zero attached hydrogens (tertiary/aromatic N) is 1. The molecule has 0 unspecified atom stereocenters. The van der Waals surface area contributed by atoms with Crippen LogP contribution in [0.2, 0.25) is 0 Å². The second kappa shape index (κ2) is 5.08. The van der Waals surface area contributed by atoms with E-state index in [2.05, 4.69) is 10.3 Å². The van der Waals surface area contributed by atoms with E-state index >= 15 is 0 Å². The molecule has 3 N–H and O–H groups in total. The summed E-state index contributed by atoms with van der Waals surface area (Å²) in [6.07, 6.45) is -2.58. The van der Waals surface area contributed by atoms with Gasteiger partial charge in [-0.2, -0.15) is 0 Å². The van der Waals surface area contributed by atoms with Crippen LogP contribution in [-0.2, 0) is 0 Å². The first-order valence-electron chi connectivity index (χ1n) is 5.62. The van der Waals surface area contributed by atoms with Crippen molar-refractivity contribution >= 4 is 33.1 Å². The molecule has 0 bridgehead atoms. The van der Waals surface area contributed by atoms with Gasteiger partial charge < -0.3 is 11.1 Å². The van der Waals surface area contributed by atoms with Gasteiger partial charge in [-0.05, 0) is 25.5 Å². The molecule has 2 heterocycles. The number of fused-ring (bicyclic) bond motifs is 1. The Bertz CT molecular complexity index is 639. The molecule has 0 aromatic carbocycles. The molecule has 19 heavy (non-hydrogen) atoms. The summed E-state index contributed by atoms with van der Waals surface area (Å²) in [5.41, 5.74) is 7.97. The lowest BCUT2D eigenvalue weighted by atomic mass is 10.1. The molecule has 0 aliphatic rings. The Morgan fingerprint density at radius 3 is 2.84 bits per heavy atom. The second-order valence-electron chi connectivity index (χ2n) is 4.21. The van der Waals surface area contributed by atoms with Crippen LogP contribution in [0, 0.1) is 13.8 Å². The maximum Gasteiger partial charge on any atom is 0.263 e. The predicted octanol–water partition coefficient (Wildman–Crippen LogP) is 2.49. The second-order valence-corrected chi connectivity index (χ2v) is 5.21. The molecule has 0 radical (unpaired) electrons. The highest BCUT2D eigenvalue weighted by Crippen LogP contribution is 2.34. The van der Waals surface area contributed by atoms with Gasteiger partial charge in [-0.25, -0.2) is 13.8 Å². The Balaban J connectivity index is 2.42. The first kappa shape index (κ1) is 13.7. The molecule has 2 aromatic heterocycles. The number of halogens is 2. The number of rotatable bonds is 3. The minimum Gasteiger partial charge on any atom is -0.397 e. The van der Waals surface area contributed by atoms with Gasteiger partial charge in [-0.3, -0.25) is 4.79 Å². The van der Waals surface area contributed by atoms with Gasteiger partial charge in [-0.15, -0.1) is 11.3 Å². The van der Waals surface area contributed by atoms with Crippen molar-refractivity contribution in [3.05, 3.63) is 22.2 Å². The van der Waals surface area contributed by atoms with Crippen molar-refractivity contribution in [3.8, 4) is 0 Å². The molecule has 0 saturated carbocycles. The standard InChI is InChI=1S/C12H13F2N3OS/c1-5-3-6(2)17-12-8(5)9(15)10(19-12)11(18)16-4-7(13)14/h3,7H,4,15H2,1-2H3,(H,16,18). The zero-order valence-electron chi connectivity index (χ0n) is 10.5. The van der Waals surface area contributed by atoms with E-state index in [1.54, 1.807) is 0 Å². The Morgan fingerprint density at radius 2 is 2.21 bits per heavy atom. The van der Waals surface area contributed by atoms with E-state index in [0.29, 0.717) is 10.5 Å². The number of carbonyl (C=O) groups is 1. The van der Waals surface area contributed by atoms with Crippen LogP contribution in [-0.4, -0.2) is 23.9 Å². The fourth-order valence-corrected chi connectivity index (χ4v) is 3.02. The maximum atomic E-state index is 12.1. The van der Waals surface area contributed by atoms with Crippen LogP contribution in [0.25, 0.3) is 10.2 Å². The number of amides is 1. The van der Waals surface area contributed by atoms with Crippen molar-refractivity contribution in [3.63, 3.8) is 0 Å². The number of hydrogen-bond acceptors (Lipinski definition) is 4. The minimum atomic E-state index is -2.58.